The first-order chi connectivity index (χ1) is 6.13. The van der Waals surface area contributed by atoms with Gasteiger partial charge in [-0.05, 0) is 6.92 Å². The number of hydrogen-bond acceptors (Lipinski definition) is 3. The van der Waals surface area contributed by atoms with Crippen LogP contribution in [0.3, 0.4) is 0 Å². The molecule has 13 heavy (non-hydrogen) atoms. The molecule has 1 aromatic heterocycles. The Hall–Kier alpha value is -1.36. The van der Waals surface area contributed by atoms with E-state index in [9.17, 15) is 4.79 Å². The van der Waals surface area contributed by atoms with Gasteiger partial charge in [-0.1, -0.05) is 0 Å². The molecule has 1 amide bonds. The molecule has 72 valence electrons. The van der Waals surface area contributed by atoms with Crippen molar-refractivity contribution in [2.75, 3.05) is 12.4 Å². The summed E-state index contributed by atoms with van der Waals surface area (Å²) >= 11 is 0. The molecule has 0 aliphatic heterocycles. The number of carbonyl (C=O) groups excluding carboxylic acids is 1. The van der Waals surface area contributed by atoms with Crippen LogP contribution < -0.4 is 5.32 Å². The number of ether oxygens (including phenoxy) is 1. The Morgan fingerprint density at radius 2 is 2.46 bits per heavy atom. The minimum atomic E-state index is -0.444. The fourth-order valence-electron chi connectivity index (χ4n) is 0.837. The van der Waals surface area contributed by atoms with Crippen molar-refractivity contribution in [3.8, 4) is 0 Å². The summed E-state index contributed by atoms with van der Waals surface area (Å²) in [5.41, 5.74) is 0.677. The van der Waals surface area contributed by atoms with E-state index in [0.29, 0.717) is 5.69 Å². The van der Waals surface area contributed by atoms with Crippen LogP contribution >= 0.6 is 0 Å². The molecule has 0 aromatic carbocycles. The van der Waals surface area contributed by atoms with Crippen molar-refractivity contribution in [2.24, 2.45) is 7.05 Å². The van der Waals surface area contributed by atoms with Crippen molar-refractivity contribution in [1.29, 1.82) is 0 Å². The van der Waals surface area contributed by atoms with Crippen LogP contribution in [0.2, 0.25) is 0 Å². The van der Waals surface area contributed by atoms with Crippen molar-refractivity contribution in [3.05, 3.63) is 12.4 Å². The van der Waals surface area contributed by atoms with E-state index in [1.54, 1.807) is 31.0 Å². The third-order valence-corrected chi connectivity index (χ3v) is 1.70. The number of carbonyl (C=O) groups is 1. The largest absolute Gasteiger partial charge is 0.372 e. The molecule has 0 aliphatic rings. The first kappa shape index (κ1) is 9.73. The Balaban J connectivity index is 2.54. The maximum absolute atomic E-state index is 11.3. The van der Waals surface area contributed by atoms with Crippen molar-refractivity contribution in [3.63, 3.8) is 0 Å². The lowest BCUT2D eigenvalue weighted by molar-refractivity contribution is -0.124. The number of nitrogens with zero attached hydrogens (tertiary/aromatic N) is 2. The minimum Gasteiger partial charge on any atom is -0.372 e. The predicted octanol–water partition coefficient (Wildman–Crippen LogP) is 0.393. The smallest absolute Gasteiger partial charge is 0.253 e. The third kappa shape index (κ3) is 2.55. The van der Waals surface area contributed by atoms with Gasteiger partial charge in [0.2, 0.25) is 0 Å². The van der Waals surface area contributed by atoms with Gasteiger partial charge in [-0.25, -0.2) is 0 Å². The lowest BCUT2D eigenvalue weighted by atomic mass is 10.3. The summed E-state index contributed by atoms with van der Waals surface area (Å²) in [5.74, 6) is -0.171. The van der Waals surface area contributed by atoms with Gasteiger partial charge in [-0.15, -0.1) is 0 Å². The normalized spacial score (nSPS) is 12.5. The highest BCUT2D eigenvalue weighted by molar-refractivity contribution is 5.93. The van der Waals surface area contributed by atoms with Crippen LogP contribution in [0.25, 0.3) is 0 Å². The molecule has 0 aliphatic carbocycles. The second kappa shape index (κ2) is 4.04. The van der Waals surface area contributed by atoms with Gasteiger partial charge in [0, 0.05) is 20.4 Å². The standard InChI is InChI=1S/C8H13N3O2/c1-6(13-3)8(12)10-7-4-9-11(2)5-7/h4-6H,1-3H3,(H,10,12). The fraction of sp³-hybridized carbons (Fsp3) is 0.500. The Kier molecular flexibility index (Phi) is 3.02. The second-order valence-electron chi connectivity index (χ2n) is 2.77. The zero-order valence-corrected chi connectivity index (χ0v) is 7.94. The van der Waals surface area contributed by atoms with Crippen LogP contribution in [0, 0.1) is 0 Å². The minimum absolute atomic E-state index is 0.171. The number of methoxy groups -OCH3 is 1. The fourth-order valence-corrected chi connectivity index (χ4v) is 0.837. The lowest BCUT2D eigenvalue weighted by Gasteiger charge is -2.07. The number of aryl methyl sites for hydroxylation is 1. The highest BCUT2D eigenvalue weighted by Gasteiger charge is 2.11. The van der Waals surface area contributed by atoms with Gasteiger partial charge in [0.25, 0.3) is 5.91 Å². The van der Waals surface area contributed by atoms with E-state index in [-0.39, 0.29) is 5.91 Å². The average Bonchev–Trinajstić information content (AvgIpc) is 2.49. The Morgan fingerprint density at radius 3 is 2.92 bits per heavy atom. The Labute approximate surface area is 76.7 Å². The van der Waals surface area contributed by atoms with Gasteiger partial charge in [0.1, 0.15) is 6.10 Å². The number of aromatic nitrogens is 2. The first-order valence-corrected chi connectivity index (χ1v) is 3.96. The van der Waals surface area contributed by atoms with Gasteiger partial charge < -0.3 is 10.1 Å². The average molecular weight is 183 g/mol. The van der Waals surface area contributed by atoms with Crippen molar-refractivity contribution < 1.29 is 9.53 Å². The summed E-state index contributed by atoms with van der Waals surface area (Å²) in [7, 11) is 3.28. The number of nitrogens with one attached hydrogen (secondary N) is 1. The summed E-state index contributed by atoms with van der Waals surface area (Å²) in [6.07, 6.45) is 2.86. The van der Waals surface area contributed by atoms with Crippen molar-refractivity contribution >= 4 is 11.6 Å². The lowest BCUT2D eigenvalue weighted by Crippen LogP contribution is -2.26. The summed E-state index contributed by atoms with van der Waals surface area (Å²) in [6, 6.07) is 0. The molecule has 1 heterocycles. The highest BCUT2D eigenvalue weighted by Crippen LogP contribution is 2.04. The Morgan fingerprint density at radius 1 is 1.77 bits per heavy atom. The molecular weight excluding hydrogens is 170 g/mol. The molecule has 1 atom stereocenters. The SMILES string of the molecule is COC(C)C(=O)Nc1cnn(C)c1. The monoisotopic (exact) mass is 183 g/mol. The van der Waals surface area contributed by atoms with Crippen LogP contribution in [0.4, 0.5) is 5.69 Å². The molecule has 0 radical (unpaired) electrons. The maximum Gasteiger partial charge on any atom is 0.253 e. The van der Waals surface area contributed by atoms with Crippen LogP contribution in [-0.4, -0.2) is 28.9 Å². The van der Waals surface area contributed by atoms with Crippen LogP contribution in [0.1, 0.15) is 6.92 Å². The molecule has 0 saturated heterocycles. The molecule has 1 aromatic rings. The third-order valence-electron chi connectivity index (χ3n) is 1.70. The Bertz CT molecular complexity index is 295. The quantitative estimate of drug-likeness (QED) is 0.737. The highest BCUT2D eigenvalue weighted by atomic mass is 16.5. The molecule has 1 unspecified atom stereocenters. The molecule has 1 N–H and O–H groups in total. The maximum atomic E-state index is 11.3. The van der Waals surface area contributed by atoms with Gasteiger partial charge in [-0.3, -0.25) is 9.48 Å². The van der Waals surface area contributed by atoms with Gasteiger partial charge >= 0.3 is 0 Å². The zero-order valence-electron chi connectivity index (χ0n) is 7.94. The van der Waals surface area contributed by atoms with Gasteiger partial charge in [0.05, 0.1) is 11.9 Å². The molecule has 1 rings (SSSR count). The molecule has 0 bridgehead atoms. The van der Waals surface area contributed by atoms with Gasteiger partial charge in [-0.2, -0.15) is 5.10 Å². The molecule has 0 saturated carbocycles. The summed E-state index contributed by atoms with van der Waals surface area (Å²) in [6.45, 7) is 1.69. The molecule has 5 nitrogen and oxygen atoms in total. The predicted molar refractivity (Wildman–Crippen MR) is 48.3 cm³/mol. The first-order valence-electron chi connectivity index (χ1n) is 3.96. The summed E-state index contributed by atoms with van der Waals surface area (Å²) < 4.78 is 6.47. The molecule has 5 heteroatoms. The van der Waals surface area contributed by atoms with E-state index in [1.807, 2.05) is 0 Å². The van der Waals surface area contributed by atoms with E-state index >= 15 is 0 Å². The van der Waals surface area contributed by atoms with E-state index < -0.39 is 6.10 Å². The number of rotatable bonds is 3. The second-order valence-corrected chi connectivity index (χ2v) is 2.77. The zero-order chi connectivity index (χ0) is 9.84. The van der Waals surface area contributed by atoms with Gasteiger partial charge in [0.15, 0.2) is 0 Å². The number of hydrogen-bond donors (Lipinski definition) is 1. The summed E-state index contributed by atoms with van der Waals surface area (Å²) in [4.78, 5) is 11.3. The van der Waals surface area contributed by atoms with Crippen LogP contribution in [-0.2, 0) is 16.6 Å². The topological polar surface area (TPSA) is 56.1 Å². The van der Waals surface area contributed by atoms with E-state index in [0.717, 1.165) is 0 Å². The van der Waals surface area contributed by atoms with Crippen molar-refractivity contribution in [1.82, 2.24) is 9.78 Å². The van der Waals surface area contributed by atoms with E-state index in [2.05, 4.69) is 10.4 Å². The van der Waals surface area contributed by atoms with Crippen LogP contribution in [0.5, 0.6) is 0 Å². The molecule has 0 fully saturated rings. The van der Waals surface area contributed by atoms with Crippen molar-refractivity contribution in [2.45, 2.75) is 13.0 Å². The number of anilines is 1. The van der Waals surface area contributed by atoms with E-state index in [1.165, 1.54) is 7.11 Å². The van der Waals surface area contributed by atoms with Crippen LogP contribution in [0.15, 0.2) is 12.4 Å². The summed E-state index contributed by atoms with van der Waals surface area (Å²) in [5, 5.41) is 6.58. The molecular formula is C8H13N3O2. The van der Waals surface area contributed by atoms with E-state index in [4.69, 9.17) is 4.74 Å². The number of amides is 1. The molecule has 0 spiro atoms.